The van der Waals surface area contributed by atoms with Crippen LogP contribution < -0.4 is 5.43 Å². The number of ether oxygens (including phenoxy) is 1. The molecule has 12 heavy (non-hydrogen) atoms. The highest BCUT2D eigenvalue weighted by Gasteiger charge is 2.06. The standard InChI is InChI=1S/C7H18N2OS2/c1-9(2)8-7(3-5-11)10-4-6-12/h7-8,11-12H,3-6H2,1-2H3. The van der Waals surface area contributed by atoms with E-state index in [1.54, 1.807) is 0 Å². The smallest absolute Gasteiger partial charge is 0.121 e. The summed E-state index contributed by atoms with van der Waals surface area (Å²) in [6.07, 6.45) is 0.958. The zero-order valence-corrected chi connectivity index (χ0v) is 9.44. The summed E-state index contributed by atoms with van der Waals surface area (Å²) in [5.74, 6) is 1.57. The number of nitrogens with one attached hydrogen (secondary N) is 1. The predicted octanol–water partition coefficient (Wildman–Crippen LogP) is 0.645. The van der Waals surface area contributed by atoms with Gasteiger partial charge < -0.3 is 4.74 Å². The Balaban J connectivity index is 3.54. The van der Waals surface area contributed by atoms with Gasteiger partial charge in [0, 0.05) is 19.8 Å². The van der Waals surface area contributed by atoms with Crippen LogP contribution in [0.1, 0.15) is 6.42 Å². The van der Waals surface area contributed by atoms with Gasteiger partial charge in [-0.05, 0) is 12.2 Å². The molecule has 5 heteroatoms. The first-order valence-electron chi connectivity index (χ1n) is 3.97. The summed E-state index contributed by atoms with van der Waals surface area (Å²) in [6.45, 7) is 0.669. The fourth-order valence-electron chi connectivity index (χ4n) is 0.785. The Morgan fingerprint density at radius 2 is 2.00 bits per heavy atom. The molecule has 0 bridgehead atoms. The van der Waals surface area contributed by atoms with Crippen LogP contribution >= 0.6 is 25.3 Å². The second-order valence-corrected chi connectivity index (χ2v) is 3.51. The number of rotatable bonds is 7. The number of hydrogen-bond donors (Lipinski definition) is 3. The van der Waals surface area contributed by atoms with Crippen LogP contribution in [-0.4, -0.2) is 43.4 Å². The average molecular weight is 210 g/mol. The van der Waals surface area contributed by atoms with Crippen LogP contribution in [0.2, 0.25) is 0 Å². The van der Waals surface area contributed by atoms with Crippen LogP contribution in [0.5, 0.6) is 0 Å². The molecule has 0 aromatic heterocycles. The molecule has 1 unspecified atom stereocenters. The molecular weight excluding hydrogens is 192 g/mol. The molecule has 74 valence electrons. The minimum atomic E-state index is 0.0599. The van der Waals surface area contributed by atoms with Crippen molar-refractivity contribution in [2.75, 3.05) is 32.2 Å². The molecule has 0 fully saturated rings. The Bertz CT molecular complexity index is 103. The first-order chi connectivity index (χ1) is 5.70. The van der Waals surface area contributed by atoms with Crippen LogP contribution in [0.3, 0.4) is 0 Å². The van der Waals surface area contributed by atoms with Crippen molar-refractivity contribution in [2.24, 2.45) is 0 Å². The summed E-state index contributed by atoms with van der Waals surface area (Å²) in [5, 5.41) is 1.88. The quantitative estimate of drug-likeness (QED) is 0.327. The molecule has 0 heterocycles. The summed E-state index contributed by atoms with van der Waals surface area (Å²) in [6, 6.07) is 0. The Labute approximate surface area is 85.6 Å². The van der Waals surface area contributed by atoms with Crippen LogP contribution in [-0.2, 0) is 4.74 Å². The summed E-state index contributed by atoms with van der Waals surface area (Å²) in [4.78, 5) is 0. The maximum absolute atomic E-state index is 5.46. The number of nitrogens with zero attached hydrogens (tertiary/aromatic N) is 1. The molecule has 1 N–H and O–H groups in total. The molecule has 0 radical (unpaired) electrons. The zero-order chi connectivity index (χ0) is 9.40. The molecule has 0 saturated heterocycles. The van der Waals surface area contributed by atoms with Crippen molar-refractivity contribution in [3.63, 3.8) is 0 Å². The van der Waals surface area contributed by atoms with E-state index in [1.165, 1.54) is 0 Å². The second kappa shape index (κ2) is 8.19. The lowest BCUT2D eigenvalue weighted by molar-refractivity contribution is -0.00526. The molecule has 3 nitrogen and oxygen atoms in total. The summed E-state index contributed by atoms with van der Waals surface area (Å²) >= 11 is 8.22. The van der Waals surface area contributed by atoms with Crippen molar-refractivity contribution >= 4 is 25.3 Å². The third-order valence-electron chi connectivity index (χ3n) is 1.20. The van der Waals surface area contributed by atoms with Gasteiger partial charge in [-0.3, -0.25) is 0 Å². The Morgan fingerprint density at radius 3 is 2.42 bits per heavy atom. The number of thiol groups is 2. The molecular formula is C7H18N2OS2. The van der Waals surface area contributed by atoms with Gasteiger partial charge in [-0.15, -0.1) is 0 Å². The summed E-state index contributed by atoms with van der Waals surface area (Å²) < 4.78 is 5.46. The second-order valence-electron chi connectivity index (χ2n) is 2.62. The van der Waals surface area contributed by atoms with Crippen molar-refractivity contribution in [1.82, 2.24) is 10.4 Å². The molecule has 0 aromatic rings. The minimum Gasteiger partial charge on any atom is -0.361 e. The van der Waals surface area contributed by atoms with Crippen molar-refractivity contribution in [1.29, 1.82) is 0 Å². The molecule has 0 amide bonds. The van der Waals surface area contributed by atoms with Crippen molar-refractivity contribution in [3.05, 3.63) is 0 Å². The highest BCUT2D eigenvalue weighted by Crippen LogP contribution is 1.97. The first-order valence-corrected chi connectivity index (χ1v) is 5.24. The van der Waals surface area contributed by atoms with E-state index in [0.29, 0.717) is 6.61 Å². The topological polar surface area (TPSA) is 24.5 Å². The fraction of sp³-hybridized carbons (Fsp3) is 1.00. The van der Waals surface area contributed by atoms with Gasteiger partial charge in [-0.1, -0.05) is 0 Å². The SMILES string of the molecule is CN(C)NC(CCS)OCCS. The molecule has 0 aliphatic rings. The maximum Gasteiger partial charge on any atom is 0.121 e. The predicted molar refractivity (Wildman–Crippen MR) is 58.9 cm³/mol. The van der Waals surface area contributed by atoms with Crippen LogP contribution in [0.4, 0.5) is 0 Å². The molecule has 0 saturated carbocycles. The normalized spacial score (nSPS) is 13.8. The van der Waals surface area contributed by atoms with Crippen LogP contribution in [0, 0.1) is 0 Å². The lowest BCUT2D eigenvalue weighted by Crippen LogP contribution is -2.42. The van der Waals surface area contributed by atoms with Crippen molar-refractivity contribution in [3.8, 4) is 0 Å². The molecule has 0 aliphatic heterocycles. The van der Waals surface area contributed by atoms with E-state index in [4.69, 9.17) is 4.74 Å². The number of hydrazine groups is 1. The molecule has 0 spiro atoms. The van der Waals surface area contributed by atoms with E-state index < -0.39 is 0 Å². The summed E-state index contributed by atoms with van der Waals surface area (Å²) in [7, 11) is 3.88. The molecule has 0 aromatic carbocycles. The van der Waals surface area contributed by atoms with Crippen LogP contribution in [0.15, 0.2) is 0 Å². The Morgan fingerprint density at radius 1 is 1.33 bits per heavy atom. The van der Waals surface area contributed by atoms with Crippen molar-refractivity contribution < 1.29 is 4.74 Å². The van der Waals surface area contributed by atoms with Gasteiger partial charge in [0.05, 0.1) is 6.61 Å². The van der Waals surface area contributed by atoms with E-state index in [2.05, 4.69) is 30.7 Å². The van der Waals surface area contributed by atoms with Gasteiger partial charge in [0.1, 0.15) is 6.23 Å². The van der Waals surface area contributed by atoms with Gasteiger partial charge in [0.15, 0.2) is 0 Å². The largest absolute Gasteiger partial charge is 0.361 e. The minimum absolute atomic E-state index is 0.0599. The van der Waals surface area contributed by atoms with Gasteiger partial charge in [-0.25, -0.2) is 10.4 Å². The number of hydrogen-bond acceptors (Lipinski definition) is 5. The third kappa shape index (κ3) is 7.24. The third-order valence-corrected chi connectivity index (χ3v) is 1.64. The molecule has 0 rings (SSSR count). The molecule has 0 aliphatic carbocycles. The van der Waals surface area contributed by atoms with Gasteiger partial charge in [-0.2, -0.15) is 25.3 Å². The zero-order valence-electron chi connectivity index (χ0n) is 7.66. The Kier molecular flexibility index (Phi) is 8.59. The monoisotopic (exact) mass is 210 g/mol. The van der Waals surface area contributed by atoms with Crippen molar-refractivity contribution in [2.45, 2.75) is 12.6 Å². The highest BCUT2D eigenvalue weighted by atomic mass is 32.1. The fourth-order valence-corrected chi connectivity index (χ4v) is 1.13. The summed E-state index contributed by atoms with van der Waals surface area (Å²) in [5.41, 5.74) is 3.14. The van der Waals surface area contributed by atoms with E-state index in [1.807, 2.05) is 19.1 Å². The van der Waals surface area contributed by atoms with E-state index in [-0.39, 0.29) is 6.23 Å². The van der Waals surface area contributed by atoms with Crippen LogP contribution in [0.25, 0.3) is 0 Å². The van der Waals surface area contributed by atoms with Gasteiger partial charge in [0.25, 0.3) is 0 Å². The Hall–Kier alpha value is 0.580. The lowest BCUT2D eigenvalue weighted by Gasteiger charge is -2.22. The maximum atomic E-state index is 5.46. The van der Waals surface area contributed by atoms with E-state index >= 15 is 0 Å². The first kappa shape index (κ1) is 12.6. The van der Waals surface area contributed by atoms with E-state index in [0.717, 1.165) is 17.9 Å². The lowest BCUT2D eigenvalue weighted by atomic mass is 10.4. The van der Waals surface area contributed by atoms with E-state index in [9.17, 15) is 0 Å². The highest BCUT2D eigenvalue weighted by molar-refractivity contribution is 7.80. The molecule has 1 atom stereocenters. The average Bonchev–Trinajstić information content (AvgIpc) is 2.00. The van der Waals surface area contributed by atoms with Gasteiger partial charge >= 0.3 is 0 Å². The van der Waals surface area contributed by atoms with Gasteiger partial charge in [0.2, 0.25) is 0 Å².